The Kier molecular flexibility index (Phi) is 2.70. The summed E-state index contributed by atoms with van der Waals surface area (Å²) in [6.45, 7) is 6.23. The van der Waals surface area contributed by atoms with E-state index in [1.807, 2.05) is 18.0 Å². The monoisotopic (exact) mass is 190 g/mol. The predicted molar refractivity (Wildman–Crippen MR) is 54.9 cm³/mol. The minimum Gasteiger partial charge on any atom is -0.353 e. The quantitative estimate of drug-likeness (QED) is 0.674. The summed E-state index contributed by atoms with van der Waals surface area (Å²) in [4.78, 5) is 1.99. The summed E-state index contributed by atoms with van der Waals surface area (Å²) in [5, 5.41) is 16.5. The molecule has 1 aromatic rings. The van der Waals surface area contributed by atoms with Gasteiger partial charge in [0.15, 0.2) is 5.82 Å². The number of nitrogens with zero attached hydrogens (tertiary/aromatic N) is 4. The Morgan fingerprint density at radius 1 is 1.43 bits per heavy atom. The maximum atomic E-state index is 8.71. The zero-order valence-corrected chi connectivity index (χ0v) is 8.94. The van der Waals surface area contributed by atoms with Crippen molar-refractivity contribution < 1.29 is 0 Å². The zero-order chi connectivity index (χ0) is 10.8. The van der Waals surface area contributed by atoms with Crippen LogP contribution < -0.4 is 4.90 Å². The molecule has 0 aliphatic rings. The third-order valence-electron chi connectivity index (χ3n) is 2.12. The average Bonchev–Trinajstić information content (AvgIpc) is 2.15. The highest BCUT2D eigenvalue weighted by molar-refractivity contribution is 5.44. The smallest absolute Gasteiger partial charge is 0.152 e. The van der Waals surface area contributed by atoms with E-state index in [9.17, 15) is 0 Å². The molecular weight excluding hydrogens is 176 g/mol. The van der Waals surface area contributed by atoms with Gasteiger partial charge in [-0.05, 0) is 20.8 Å². The zero-order valence-electron chi connectivity index (χ0n) is 8.94. The van der Waals surface area contributed by atoms with Gasteiger partial charge in [-0.1, -0.05) is 0 Å². The number of anilines is 1. The number of nitriles is 1. The van der Waals surface area contributed by atoms with Crippen LogP contribution in [0, 0.1) is 11.3 Å². The summed E-state index contributed by atoms with van der Waals surface area (Å²) in [5.41, 5.74) is 0.508. The molecular formula is C10H14N4. The van der Waals surface area contributed by atoms with Gasteiger partial charge in [-0.3, -0.25) is 0 Å². The Labute approximate surface area is 84.2 Å². The van der Waals surface area contributed by atoms with E-state index in [1.165, 1.54) is 6.20 Å². The lowest BCUT2D eigenvalue weighted by Crippen LogP contribution is -2.38. The van der Waals surface area contributed by atoms with Gasteiger partial charge < -0.3 is 4.90 Å². The molecule has 0 saturated heterocycles. The Hall–Kier alpha value is -1.63. The van der Waals surface area contributed by atoms with Gasteiger partial charge in [0, 0.05) is 18.7 Å². The Morgan fingerprint density at radius 3 is 2.57 bits per heavy atom. The van der Waals surface area contributed by atoms with Crippen LogP contribution in [0.15, 0.2) is 12.3 Å². The van der Waals surface area contributed by atoms with Crippen molar-refractivity contribution in [2.75, 3.05) is 11.9 Å². The van der Waals surface area contributed by atoms with Gasteiger partial charge >= 0.3 is 0 Å². The summed E-state index contributed by atoms with van der Waals surface area (Å²) in [5.74, 6) is 0.719. The van der Waals surface area contributed by atoms with Crippen LogP contribution in [-0.2, 0) is 0 Å². The highest BCUT2D eigenvalue weighted by Gasteiger charge is 2.18. The SMILES string of the molecule is CN(c1cc(C#N)cnn1)C(C)(C)C. The largest absolute Gasteiger partial charge is 0.353 e. The number of hydrogen-bond donors (Lipinski definition) is 0. The number of hydrogen-bond acceptors (Lipinski definition) is 4. The maximum absolute atomic E-state index is 8.71. The molecule has 4 heteroatoms. The van der Waals surface area contributed by atoms with Crippen molar-refractivity contribution in [2.45, 2.75) is 26.3 Å². The van der Waals surface area contributed by atoms with Crippen molar-refractivity contribution in [1.82, 2.24) is 10.2 Å². The molecule has 0 atom stereocenters. The second-order valence-electron chi connectivity index (χ2n) is 4.14. The molecule has 0 aliphatic heterocycles. The molecule has 0 saturated carbocycles. The van der Waals surface area contributed by atoms with Crippen molar-refractivity contribution in [3.63, 3.8) is 0 Å². The summed E-state index contributed by atoms with van der Waals surface area (Å²) < 4.78 is 0. The normalized spacial score (nSPS) is 10.8. The van der Waals surface area contributed by atoms with Crippen molar-refractivity contribution in [2.24, 2.45) is 0 Å². The van der Waals surface area contributed by atoms with Gasteiger partial charge in [-0.15, -0.1) is 5.10 Å². The van der Waals surface area contributed by atoms with E-state index in [2.05, 4.69) is 31.0 Å². The molecule has 1 rings (SSSR count). The minimum absolute atomic E-state index is 0.0250. The average molecular weight is 190 g/mol. The lowest BCUT2D eigenvalue weighted by Gasteiger charge is -2.32. The fourth-order valence-electron chi connectivity index (χ4n) is 0.924. The first-order chi connectivity index (χ1) is 6.45. The van der Waals surface area contributed by atoms with Gasteiger partial charge in [-0.25, -0.2) is 0 Å². The molecule has 74 valence electrons. The standard InChI is InChI=1S/C10H14N4/c1-10(2,3)14(4)9-5-8(6-11)7-12-13-9/h5,7H,1-4H3. The third kappa shape index (κ3) is 2.19. The highest BCUT2D eigenvalue weighted by atomic mass is 15.3. The van der Waals surface area contributed by atoms with Crippen LogP contribution in [-0.4, -0.2) is 22.8 Å². The van der Waals surface area contributed by atoms with E-state index >= 15 is 0 Å². The van der Waals surface area contributed by atoms with Gasteiger partial charge in [0.2, 0.25) is 0 Å². The van der Waals surface area contributed by atoms with Gasteiger partial charge in [0.1, 0.15) is 6.07 Å². The molecule has 0 amide bonds. The van der Waals surface area contributed by atoms with E-state index in [-0.39, 0.29) is 5.54 Å². The molecule has 0 radical (unpaired) electrons. The molecule has 0 aliphatic carbocycles. The summed E-state index contributed by atoms with van der Waals surface area (Å²) >= 11 is 0. The fraction of sp³-hybridized carbons (Fsp3) is 0.500. The molecule has 0 fully saturated rings. The van der Waals surface area contributed by atoms with E-state index in [0.29, 0.717) is 5.56 Å². The van der Waals surface area contributed by atoms with Crippen LogP contribution >= 0.6 is 0 Å². The van der Waals surface area contributed by atoms with Gasteiger partial charge in [0.25, 0.3) is 0 Å². The topological polar surface area (TPSA) is 52.8 Å². The lowest BCUT2D eigenvalue weighted by atomic mass is 10.1. The highest BCUT2D eigenvalue weighted by Crippen LogP contribution is 2.18. The second-order valence-corrected chi connectivity index (χ2v) is 4.14. The summed E-state index contributed by atoms with van der Waals surface area (Å²) in [7, 11) is 1.94. The third-order valence-corrected chi connectivity index (χ3v) is 2.12. The Bertz CT molecular complexity index is 359. The molecule has 1 heterocycles. The van der Waals surface area contributed by atoms with Crippen molar-refractivity contribution >= 4 is 5.82 Å². The minimum atomic E-state index is -0.0250. The maximum Gasteiger partial charge on any atom is 0.152 e. The van der Waals surface area contributed by atoms with E-state index in [0.717, 1.165) is 5.82 Å². The van der Waals surface area contributed by atoms with Gasteiger partial charge in [-0.2, -0.15) is 10.4 Å². The predicted octanol–water partition coefficient (Wildman–Crippen LogP) is 1.58. The molecule has 4 nitrogen and oxygen atoms in total. The molecule has 14 heavy (non-hydrogen) atoms. The Balaban J connectivity index is 3.03. The van der Waals surface area contributed by atoms with Crippen LogP contribution in [0.25, 0.3) is 0 Å². The lowest BCUT2D eigenvalue weighted by molar-refractivity contribution is 0.531. The van der Waals surface area contributed by atoms with Crippen LogP contribution in [0.1, 0.15) is 26.3 Å². The molecule has 0 unspecified atom stereocenters. The number of aromatic nitrogens is 2. The van der Waals surface area contributed by atoms with E-state index < -0.39 is 0 Å². The van der Waals surface area contributed by atoms with Crippen LogP contribution in [0.2, 0.25) is 0 Å². The first-order valence-corrected chi connectivity index (χ1v) is 4.42. The summed E-state index contributed by atoms with van der Waals surface area (Å²) in [6.07, 6.45) is 1.46. The van der Waals surface area contributed by atoms with Crippen LogP contribution in [0.4, 0.5) is 5.82 Å². The second kappa shape index (κ2) is 3.62. The van der Waals surface area contributed by atoms with Gasteiger partial charge in [0.05, 0.1) is 11.8 Å². The Morgan fingerprint density at radius 2 is 2.07 bits per heavy atom. The summed E-state index contributed by atoms with van der Waals surface area (Å²) in [6, 6.07) is 3.78. The molecule has 0 spiro atoms. The number of rotatable bonds is 1. The molecule has 0 aromatic carbocycles. The van der Waals surface area contributed by atoms with Crippen molar-refractivity contribution in [1.29, 1.82) is 5.26 Å². The van der Waals surface area contributed by atoms with E-state index in [4.69, 9.17) is 5.26 Å². The molecule has 0 bridgehead atoms. The van der Waals surface area contributed by atoms with E-state index in [1.54, 1.807) is 6.07 Å². The van der Waals surface area contributed by atoms with Crippen molar-refractivity contribution in [3.05, 3.63) is 17.8 Å². The van der Waals surface area contributed by atoms with Crippen LogP contribution in [0.3, 0.4) is 0 Å². The van der Waals surface area contributed by atoms with Crippen LogP contribution in [0.5, 0.6) is 0 Å². The first-order valence-electron chi connectivity index (χ1n) is 4.42. The molecule has 0 N–H and O–H groups in total. The fourth-order valence-corrected chi connectivity index (χ4v) is 0.924. The van der Waals surface area contributed by atoms with Crippen molar-refractivity contribution in [3.8, 4) is 6.07 Å². The molecule has 1 aromatic heterocycles. The first kappa shape index (κ1) is 10.5.